The van der Waals surface area contributed by atoms with Gasteiger partial charge in [0.15, 0.2) is 0 Å². The Balaban J connectivity index is 0.000000657. The van der Waals surface area contributed by atoms with Crippen molar-refractivity contribution in [2.24, 2.45) is 0 Å². The van der Waals surface area contributed by atoms with Crippen molar-refractivity contribution in [3.63, 3.8) is 0 Å². The topological polar surface area (TPSA) is 0 Å². The molecule has 182 valence electrons. The first-order chi connectivity index (χ1) is 14.9. The van der Waals surface area contributed by atoms with E-state index in [9.17, 15) is 0 Å². The summed E-state index contributed by atoms with van der Waals surface area (Å²) in [6.07, 6.45) is 11.0. The van der Waals surface area contributed by atoms with Gasteiger partial charge in [-0.25, -0.2) is 36.4 Å². The van der Waals surface area contributed by atoms with Gasteiger partial charge in [-0.15, -0.1) is 0 Å². The molecule has 0 radical (unpaired) electrons. The van der Waals surface area contributed by atoms with E-state index in [0.717, 1.165) is 0 Å². The first-order valence-electron chi connectivity index (χ1n) is 11.7. The summed E-state index contributed by atoms with van der Waals surface area (Å²) in [6, 6.07) is 37.8. The monoisotopic (exact) mass is 510 g/mol. The summed E-state index contributed by atoms with van der Waals surface area (Å²) in [7, 11) is 0. The van der Waals surface area contributed by atoms with Crippen LogP contribution >= 0.6 is 0 Å². The summed E-state index contributed by atoms with van der Waals surface area (Å²) in [4.78, 5) is 0. The fourth-order valence-corrected chi connectivity index (χ4v) is 3.72. The Hall–Kier alpha value is -1.56. The minimum atomic E-state index is 0. The zero-order chi connectivity index (χ0) is 21.1. The van der Waals surface area contributed by atoms with E-state index in [0.29, 0.717) is 5.92 Å². The first kappa shape index (κ1) is 30.4. The van der Waals surface area contributed by atoms with Crippen LogP contribution in [0.4, 0.5) is 0 Å². The van der Waals surface area contributed by atoms with E-state index in [2.05, 4.69) is 55.5 Å². The molecule has 32 heavy (non-hydrogen) atoms. The molecule has 0 amide bonds. The zero-order valence-corrected chi connectivity index (χ0v) is 21.5. The van der Waals surface area contributed by atoms with Crippen molar-refractivity contribution in [1.29, 1.82) is 0 Å². The molecule has 0 nitrogen and oxygen atoms in total. The van der Waals surface area contributed by atoms with Gasteiger partial charge in [-0.1, -0.05) is 64.2 Å². The number of rotatable bonds is 10. The molecule has 0 aliphatic rings. The van der Waals surface area contributed by atoms with Crippen LogP contribution in [0.1, 0.15) is 75.3 Å². The van der Waals surface area contributed by atoms with E-state index in [1.807, 2.05) is 60.7 Å². The predicted molar refractivity (Wildman–Crippen MR) is 133 cm³/mol. The van der Waals surface area contributed by atoms with Crippen molar-refractivity contribution in [3.8, 4) is 0 Å². The van der Waals surface area contributed by atoms with Gasteiger partial charge in [0.05, 0.1) is 0 Å². The van der Waals surface area contributed by atoms with Crippen molar-refractivity contribution in [1.82, 2.24) is 0 Å². The molecule has 0 saturated heterocycles. The molecule has 2 heteroatoms. The molecule has 4 aromatic rings. The maximum atomic E-state index is 2.28. The Morgan fingerprint density at radius 1 is 0.562 bits per heavy atom. The van der Waals surface area contributed by atoms with Gasteiger partial charge in [0, 0.05) is 34.1 Å². The molecule has 0 saturated carbocycles. The van der Waals surface area contributed by atoms with Crippen molar-refractivity contribution in [2.75, 3.05) is 0 Å². The molecule has 4 rings (SSSR count). The third-order valence-electron chi connectivity index (χ3n) is 5.39. The largest absolute Gasteiger partial charge is 0.748 e. The maximum absolute atomic E-state index is 2.28. The van der Waals surface area contributed by atoms with E-state index >= 15 is 0 Å². The molecule has 0 N–H and O–H groups in total. The molecule has 0 aliphatic carbocycles. The van der Waals surface area contributed by atoms with E-state index in [1.165, 1.54) is 62.5 Å². The fraction of sp³-hybridized carbons (Fsp3) is 0.333. The summed E-state index contributed by atoms with van der Waals surface area (Å²) >= 11 is 0. The Morgan fingerprint density at radius 2 is 0.969 bits per heavy atom. The van der Waals surface area contributed by atoms with Gasteiger partial charge in [-0.2, -0.15) is 53.6 Å². The van der Waals surface area contributed by atoms with Gasteiger partial charge in [0.2, 0.25) is 0 Å². The Kier molecular flexibility index (Phi) is 20.3. The third-order valence-corrected chi connectivity index (χ3v) is 5.39. The van der Waals surface area contributed by atoms with Gasteiger partial charge >= 0.3 is 0 Å². The molecule has 0 bridgehead atoms. The van der Waals surface area contributed by atoms with Crippen LogP contribution in [0, 0.1) is 0 Å². The Labute approximate surface area is 217 Å². The van der Waals surface area contributed by atoms with Gasteiger partial charge in [-0.3, -0.25) is 0 Å². The third kappa shape index (κ3) is 13.8. The Morgan fingerprint density at radius 3 is 1.34 bits per heavy atom. The smallest absolute Gasteiger partial charge is 0 e. The minimum absolute atomic E-state index is 0. The molecule has 4 aromatic carbocycles. The number of hydrogen-bond donors (Lipinski definition) is 0. The molecule has 0 fully saturated rings. The second-order valence-corrected chi connectivity index (χ2v) is 7.82. The van der Waals surface area contributed by atoms with E-state index in [1.54, 1.807) is 0 Å². The normalized spacial score (nSPS) is 9.56. The van der Waals surface area contributed by atoms with Crippen LogP contribution in [-0.2, 0) is 34.1 Å². The van der Waals surface area contributed by atoms with Crippen LogP contribution in [0.2, 0.25) is 0 Å². The van der Waals surface area contributed by atoms with Gasteiger partial charge in [-0.05, 0) is 0 Å². The average molecular weight is 510 g/mol. The van der Waals surface area contributed by atoms with E-state index < -0.39 is 0 Å². The number of hydrogen-bond acceptors (Lipinski definition) is 0. The molecule has 0 unspecified atom stereocenters. The predicted octanol–water partition coefficient (Wildman–Crippen LogP) is 9.20. The van der Waals surface area contributed by atoms with Crippen LogP contribution in [0.25, 0.3) is 0 Å². The molecular formula is C30H38Fe2-8. The van der Waals surface area contributed by atoms with Crippen LogP contribution in [0.15, 0.2) is 109 Å². The second-order valence-electron chi connectivity index (χ2n) is 7.82. The quantitative estimate of drug-likeness (QED) is 0.113. The van der Waals surface area contributed by atoms with Crippen LogP contribution in [-0.4, -0.2) is 0 Å². The molecule has 0 aromatic heterocycles. The maximum Gasteiger partial charge on any atom is 0 e. The average Bonchev–Trinajstić information content (AvgIpc) is 3.60. The van der Waals surface area contributed by atoms with Crippen LogP contribution < -0.4 is 0 Å². The van der Waals surface area contributed by atoms with E-state index in [-0.39, 0.29) is 34.1 Å². The van der Waals surface area contributed by atoms with Crippen LogP contribution in [0.5, 0.6) is 0 Å². The summed E-state index contributed by atoms with van der Waals surface area (Å²) in [6.45, 7) is 2.28. The summed E-state index contributed by atoms with van der Waals surface area (Å²) in [5, 5.41) is 0. The fourth-order valence-electron chi connectivity index (χ4n) is 3.72. The molecular weight excluding hydrogens is 472 g/mol. The molecule has 0 spiro atoms. The van der Waals surface area contributed by atoms with Gasteiger partial charge in [0.1, 0.15) is 0 Å². The summed E-state index contributed by atoms with van der Waals surface area (Å²) in [5.74, 6) is 0.607. The van der Waals surface area contributed by atoms with Crippen LogP contribution in [0.3, 0.4) is 0 Å². The van der Waals surface area contributed by atoms with Crippen molar-refractivity contribution in [2.45, 2.75) is 64.2 Å². The second kappa shape index (κ2) is 21.3. The molecule has 0 atom stereocenters. The van der Waals surface area contributed by atoms with Crippen molar-refractivity contribution < 1.29 is 34.1 Å². The van der Waals surface area contributed by atoms with E-state index in [4.69, 9.17) is 0 Å². The standard InChI is InChI=1S/C20H28.2C5H5.2Fe/c1-2-3-4-5-6-7-8-17-20(18-13-9-10-14-18)19-15-11-12-16-19;2*1-2-4-5-3-1;;/h9-16,20H,2-8,17H2,1H3;2*1-5H;;/q-2;-5;-1;;. The first-order valence-corrected chi connectivity index (χ1v) is 11.7. The van der Waals surface area contributed by atoms with Crippen molar-refractivity contribution >= 4 is 0 Å². The summed E-state index contributed by atoms with van der Waals surface area (Å²) in [5.41, 5.74) is 2.98. The number of unbranched alkanes of at least 4 members (excludes halogenated alkanes) is 6. The van der Waals surface area contributed by atoms with Crippen molar-refractivity contribution in [3.05, 3.63) is 120 Å². The van der Waals surface area contributed by atoms with Gasteiger partial charge < -0.3 is 30.3 Å². The van der Waals surface area contributed by atoms with Gasteiger partial charge in [0.25, 0.3) is 0 Å². The zero-order valence-electron chi connectivity index (χ0n) is 19.3. The summed E-state index contributed by atoms with van der Waals surface area (Å²) < 4.78 is 0. The minimum Gasteiger partial charge on any atom is -0.748 e. The SMILES string of the molecule is CCCCCCCCCC([c-]1cccc1)[c-]1cccc1.[Fe].[Fe].[cH-]1[cH-][cH-][cH-][cH-]1.c1cc[cH-]c1. The molecule has 0 aliphatic heterocycles. The Bertz CT molecular complexity index is 667. The molecule has 0 heterocycles.